The fraction of sp³-hybridized carbons (Fsp3) is 0.900. The second-order valence-electron chi connectivity index (χ2n) is 4.62. The monoisotopic (exact) mass is 224 g/mol. The minimum absolute atomic E-state index is 0.529. The van der Waals surface area contributed by atoms with Gasteiger partial charge in [-0.2, -0.15) is 4.80 Å². The molecule has 1 N–H and O–H groups in total. The molecule has 2 unspecified atom stereocenters. The van der Waals surface area contributed by atoms with E-state index in [1.807, 2.05) is 0 Å². The van der Waals surface area contributed by atoms with Crippen molar-refractivity contribution in [3.05, 3.63) is 5.82 Å². The fourth-order valence-electron chi connectivity index (χ4n) is 2.11. The first kappa shape index (κ1) is 11.5. The molecule has 1 fully saturated rings. The zero-order chi connectivity index (χ0) is 11.5. The Kier molecular flexibility index (Phi) is 3.50. The van der Waals surface area contributed by atoms with Gasteiger partial charge in [-0.25, -0.2) is 0 Å². The van der Waals surface area contributed by atoms with Gasteiger partial charge in [-0.3, -0.25) is 4.90 Å². The van der Waals surface area contributed by atoms with Crippen LogP contribution in [-0.4, -0.2) is 50.3 Å². The van der Waals surface area contributed by atoms with E-state index >= 15 is 0 Å². The summed E-state index contributed by atoms with van der Waals surface area (Å²) in [6.07, 6.45) is 1.17. The Morgan fingerprint density at radius 1 is 1.44 bits per heavy atom. The Morgan fingerprint density at radius 3 is 2.94 bits per heavy atom. The highest BCUT2D eigenvalue weighted by Crippen LogP contribution is 2.11. The molecule has 1 saturated heterocycles. The molecule has 0 spiro atoms. The number of hydrogen-bond acceptors (Lipinski definition) is 5. The third-order valence-corrected chi connectivity index (χ3v) is 3.08. The van der Waals surface area contributed by atoms with Crippen LogP contribution in [0.1, 0.15) is 26.1 Å². The fourth-order valence-corrected chi connectivity index (χ4v) is 2.11. The minimum atomic E-state index is 0.529. The van der Waals surface area contributed by atoms with E-state index < -0.39 is 0 Å². The number of nitrogens with zero attached hydrogens (tertiary/aromatic N) is 5. The lowest BCUT2D eigenvalue weighted by molar-refractivity contribution is 0.194. The zero-order valence-electron chi connectivity index (χ0n) is 10.2. The van der Waals surface area contributed by atoms with Crippen LogP contribution >= 0.6 is 0 Å². The van der Waals surface area contributed by atoms with Gasteiger partial charge in [0.05, 0.1) is 13.6 Å². The van der Waals surface area contributed by atoms with Crippen molar-refractivity contribution in [1.29, 1.82) is 0 Å². The van der Waals surface area contributed by atoms with Gasteiger partial charge in [0.2, 0.25) is 0 Å². The lowest BCUT2D eigenvalue weighted by atomic mass is 10.2. The quantitative estimate of drug-likeness (QED) is 0.753. The summed E-state index contributed by atoms with van der Waals surface area (Å²) >= 11 is 0. The summed E-state index contributed by atoms with van der Waals surface area (Å²) in [6.45, 7) is 7.40. The average Bonchev–Trinajstić information content (AvgIpc) is 2.55. The summed E-state index contributed by atoms with van der Waals surface area (Å²) in [5, 5.41) is 15.6. The third-order valence-electron chi connectivity index (χ3n) is 3.08. The van der Waals surface area contributed by atoms with Crippen LogP contribution in [0.2, 0.25) is 0 Å². The molecule has 6 nitrogen and oxygen atoms in total. The van der Waals surface area contributed by atoms with Gasteiger partial charge in [0.15, 0.2) is 5.82 Å². The molecule has 0 bridgehead atoms. The molecule has 0 saturated carbocycles. The number of hydrogen-bond donors (Lipinski definition) is 1. The van der Waals surface area contributed by atoms with Crippen LogP contribution in [0.3, 0.4) is 0 Å². The van der Waals surface area contributed by atoms with Crippen molar-refractivity contribution in [2.45, 2.75) is 38.9 Å². The second-order valence-corrected chi connectivity index (χ2v) is 4.62. The Labute approximate surface area is 96.0 Å². The van der Waals surface area contributed by atoms with Gasteiger partial charge in [0.1, 0.15) is 0 Å². The van der Waals surface area contributed by atoms with E-state index in [9.17, 15) is 0 Å². The molecule has 0 aliphatic carbocycles. The maximum absolute atomic E-state index is 4.23. The van der Waals surface area contributed by atoms with E-state index in [2.05, 4.69) is 39.5 Å². The molecule has 90 valence electrons. The molecular formula is C10H20N6. The highest BCUT2D eigenvalue weighted by atomic mass is 15.6. The summed E-state index contributed by atoms with van der Waals surface area (Å²) in [7, 11) is 1.80. The van der Waals surface area contributed by atoms with Crippen molar-refractivity contribution >= 4 is 0 Å². The van der Waals surface area contributed by atoms with Crippen LogP contribution in [0, 0.1) is 0 Å². The van der Waals surface area contributed by atoms with E-state index in [-0.39, 0.29) is 0 Å². The first-order valence-electron chi connectivity index (χ1n) is 5.85. The van der Waals surface area contributed by atoms with Crippen LogP contribution in [0.25, 0.3) is 0 Å². The summed E-state index contributed by atoms with van der Waals surface area (Å²) < 4.78 is 0. The van der Waals surface area contributed by atoms with Gasteiger partial charge in [0.25, 0.3) is 0 Å². The Bertz CT molecular complexity index is 336. The minimum Gasteiger partial charge on any atom is -0.313 e. The number of aryl methyl sites for hydroxylation is 1. The molecule has 2 atom stereocenters. The van der Waals surface area contributed by atoms with Gasteiger partial charge < -0.3 is 5.32 Å². The van der Waals surface area contributed by atoms with E-state index in [4.69, 9.17) is 0 Å². The van der Waals surface area contributed by atoms with E-state index in [1.165, 1.54) is 11.2 Å². The molecule has 1 aliphatic heterocycles. The van der Waals surface area contributed by atoms with E-state index in [0.717, 1.165) is 25.5 Å². The van der Waals surface area contributed by atoms with Crippen LogP contribution in [0.5, 0.6) is 0 Å². The van der Waals surface area contributed by atoms with Crippen molar-refractivity contribution < 1.29 is 0 Å². The number of tetrazole rings is 1. The second kappa shape index (κ2) is 4.88. The maximum atomic E-state index is 4.23. The topological polar surface area (TPSA) is 58.9 Å². The summed E-state index contributed by atoms with van der Waals surface area (Å²) in [4.78, 5) is 3.93. The maximum Gasteiger partial charge on any atom is 0.188 e. The van der Waals surface area contributed by atoms with Crippen LogP contribution in [-0.2, 0) is 13.6 Å². The van der Waals surface area contributed by atoms with Crippen molar-refractivity contribution in [1.82, 2.24) is 30.4 Å². The van der Waals surface area contributed by atoms with E-state index in [1.54, 1.807) is 7.05 Å². The van der Waals surface area contributed by atoms with Gasteiger partial charge >= 0.3 is 0 Å². The van der Waals surface area contributed by atoms with Crippen molar-refractivity contribution in [2.24, 2.45) is 7.05 Å². The Balaban J connectivity index is 2.00. The van der Waals surface area contributed by atoms with Crippen LogP contribution in [0.15, 0.2) is 0 Å². The molecule has 2 heterocycles. The largest absolute Gasteiger partial charge is 0.313 e. The average molecular weight is 224 g/mol. The van der Waals surface area contributed by atoms with Gasteiger partial charge in [-0.1, -0.05) is 0 Å². The molecule has 16 heavy (non-hydrogen) atoms. The normalized spacial score (nSPS) is 27.9. The summed E-state index contributed by atoms with van der Waals surface area (Å²) in [5.41, 5.74) is 0. The standard InChI is InChI=1S/C10H20N6/c1-8-6-16(9(2)4-5-11-8)7-10-12-14-15(3)13-10/h8-9,11H,4-7H2,1-3H3. The number of aromatic nitrogens is 4. The smallest absolute Gasteiger partial charge is 0.188 e. The molecular weight excluding hydrogens is 204 g/mol. The zero-order valence-corrected chi connectivity index (χ0v) is 10.2. The molecule has 0 amide bonds. The molecule has 0 aromatic carbocycles. The first-order chi connectivity index (χ1) is 7.65. The third kappa shape index (κ3) is 2.76. The Hall–Kier alpha value is -1.01. The SMILES string of the molecule is CC1CN(Cc2nnn(C)n2)C(C)CCN1. The molecule has 1 aromatic heterocycles. The first-order valence-corrected chi connectivity index (χ1v) is 5.85. The summed E-state index contributed by atoms with van der Waals surface area (Å²) in [6, 6.07) is 1.10. The van der Waals surface area contributed by atoms with Crippen molar-refractivity contribution in [3.63, 3.8) is 0 Å². The molecule has 0 radical (unpaired) electrons. The van der Waals surface area contributed by atoms with Crippen molar-refractivity contribution in [2.75, 3.05) is 13.1 Å². The van der Waals surface area contributed by atoms with Gasteiger partial charge in [-0.05, 0) is 32.0 Å². The van der Waals surface area contributed by atoms with E-state index in [0.29, 0.717) is 12.1 Å². The molecule has 1 aromatic rings. The highest BCUT2D eigenvalue weighted by molar-refractivity contribution is 4.84. The Morgan fingerprint density at radius 2 is 2.25 bits per heavy atom. The molecule has 2 rings (SSSR count). The van der Waals surface area contributed by atoms with Crippen molar-refractivity contribution in [3.8, 4) is 0 Å². The number of rotatable bonds is 2. The predicted molar refractivity (Wildman–Crippen MR) is 60.8 cm³/mol. The molecule has 6 heteroatoms. The summed E-state index contributed by atoms with van der Waals surface area (Å²) in [5.74, 6) is 0.809. The predicted octanol–water partition coefficient (Wildman–Crippen LogP) is -0.218. The van der Waals surface area contributed by atoms with Crippen LogP contribution in [0.4, 0.5) is 0 Å². The van der Waals surface area contributed by atoms with Gasteiger partial charge in [-0.15, -0.1) is 10.2 Å². The lowest BCUT2D eigenvalue weighted by Gasteiger charge is -2.26. The number of nitrogens with one attached hydrogen (secondary N) is 1. The lowest BCUT2D eigenvalue weighted by Crippen LogP contribution is -2.38. The highest BCUT2D eigenvalue weighted by Gasteiger charge is 2.21. The molecule has 1 aliphatic rings. The van der Waals surface area contributed by atoms with Gasteiger partial charge in [0, 0.05) is 18.6 Å². The van der Waals surface area contributed by atoms with Crippen LogP contribution < -0.4 is 5.32 Å².